The van der Waals surface area contributed by atoms with Crippen LogP contribution in [0.25, 0.3) is 0 Å². The van der Waals surface area contributed by atoms with Crippen LogP contribution in [-0.4, -0.2) is 52.2 Å². The zero-order valence-corrected chi connectivity index (χ0v) is 12.6. The van der Waals surface area contributed by atoms with Crippen molar-refractivity contribution in [2.75, 3.05) is 46.2 Å². The second kappa shape index (κ2) is 16.1. The van der Waals surface area contributed by atoms with Crippen LogP contribution in [0.5, 0.6) is 0 Å². The molecule has 0 aromatic carbocycles. The molecule has 0 unspecified atom stereocenters. The van der Waals surface area contributed by atoms with Crippen LogP contribution in [0.2, 0.25) is 0 Å². The molecule has 0 aliphatic heterocycles. The van der Waals surface area contributed by atoms with Gasteiger partial charge >= 0.3 is 5.97 Å². The third-order valence-electron chi connectivity index (χ3n) is 2.54. The zero-order valence-electron chi connectivity index (χ0n) is 12.6. The second-order valence-corrected chi connectivity index (χ2v) is 4.21. The van der Waals surface area contributed by atoms with E-state index in [4.69, 9.17) is 18.9 Å². The molecule has 0 spiro atoms. The van der Waals surface area contributed by atoms with Crippen LogP contribution in [0.1, 0.15) is 32.6 Å². The Morgan fingerprint density at radius 1 is 0.850 bits per heavy atom. The fourth-order valence-corrected chi connectivity index (χ4v) is 1.48. The molecule has 5 heteroatoms. The Hall–Kier alpha value is -0.910. The number of ether oxygens (including phenoxy) is 4. The third kappa shape index (κ3) is 15.1. The van der Waals surface area contributed by atoms with E-state index in [0.29, 0.717) is 33.0 Å². The Labute approximate surface area is 122 Å². The number of rotatable bonds is 15. The molecule has 0 rings (SSSR count). The molecule has 0 bridgehead atoms. The van der Waals surface area contributed by atoms with Crippen molar-refractivity contribution in [1.29, 1.82) is 0 Å². The highest BCUT2D eigenvalue weighted by atomic mass is 16.5. The molecule has 0 radical (unpaired) electrons. The van der Waals surface area contributed by atoms with E-state index >= 15 is 0 Å². The number of hydrogen-bond donors (Lipinski definition) is 0. The quantitative estimate of drug-likeness (QED) is 0.263. The van der Waals surface area contributed by atoms with Crippen molar-refractivity contribution in [3.8, 4) is 0 Å². The van der Waals surface area contributed by atoms with E-state index in [1.807, 2.05) is 6.92 Å². The molecule has 0 saturated carbocycles. The zero-order chi connectivity index (χ0) is 14.9. The maximum Gasteiger partial charge on any atom is 0.330 e. The van der Waals surface area contributed by atoms with Gasteiger partial charge in [-0.2, -0.15) is 0 Å². The van der Waals surface area contributed by atoms with Crippen LogP contribution in [0.4, 0.5) is 0 Å². The average Bonchev–Trinajstić information content (AvgIpc) is 2.47. The van der Waals surface area contributed by atoms with Crippen LogP contribution in [-0.2, 0) is 23.7 Å². The first-order chi connectivity index (χ1) is 9.81. The maximum atomic E-state index is 10.8. The van der Waals surface area contributed by atoms with E-state index in [2.05, 4.69) is 6.58 Å². The summed E-state index contributed by atoms with van der Waals surface area (Å²) in [6.45, 7) is 9.77. The highest BCUT2D eigenvalue weighted by Crippen LogP contribution is 2.00. The largest absolute Gasteiger partial charge is 0.463 e. The van der Waals surface area contributed by atoms with Gasteiger partial charge in [0.2, 0.25) is 0 Å². The lowest BCUT2D eigenvalue weighted by Gasteiger charge is -2.06. The highest BCUT2D eigenvalue weighted by Gasteiger charge is 1.96. The number of carbonyl (C=O) groups excluding carboxylic acids is 1. The van der Waals surface area contributed by atoms with Gasteiger partial charge in [0.1, 0.15) is 0 Å². The summed E-state index contributed by atoms with van der Waals surface area (Å²) in [5, 5.41) is 0. The monoisotopic (exact) mass is 288 g/mol. The van der Waals surface area contributed by atoms with Gasteiger partial charge in [-0.25, -0.2) is 4.79 Å². The van der Waals surface area contributed by atoms with Crippen LogP contribution in [0.3, 0.4) is 0 Å². The molecular formula is C15H28O5. The van der Waals surface area contributed by atoms with E-state index in [9.17, 15) is 4.79 Å². The van der Waals surface area contributed by atoms with Crippen molar-refractivity contribution in [2.45, 2.75) is 32.6 Å². The molecule has 5 nitrogen and oxygen atoms in total. The lowest BCUT2D eigenvalue weighted by Crippen LogP contribution is -2.09. The summed E-state index contributed by atoms with van der Waals surface area (Å²) in [6.07, 6.45) is 5.22. The summed E-state index contributed by atoms with van der Waals surface area (Å²) >= 11 is 0. The highest BCUT2D eigenvalue weighted by molar-refractivity contribution is 5.81. The van der Waals surface area contributed by atoms with Gasteiger partial charge in [0.25, 0.3) is 0 Å². The average molecular weight is 288 g/mol. The maximum absolute atomic E-state index is 10.8. The fraction of sp³-hybridized carbons (Fsp3) is 0.800. The molecule has 0 aromatic heterocycles. The van der Waals surface area contributed by atoms with Gasteiger partial charge in [-0.3, -0.25) is 0 Å². The van der Waals surface area contributed by atoms with Crippen molar-refractivity contribution in [3.63, 3.8) is 0 Å². The predicted octanol–water partition coefficient (Wildman–Crippen LogP) is 2.35. The number of unbranched alkanes of at least 4 members (excludes halogenated alkanes) is 3. The van der Waals surface area contributed by atoms with E-state index in [0.717, 1.165) is 38.9 Å². The van der Waals surface area contributed by atoms with Gasteiger partial charge in [0.05, 0.1) is 33.0 Å². The van der Waals surface area contributed by atoms with Crippen molar-refractivity contribution in [1.82, 2.24) is 0 Å². The normalized spacial score (nSPS) is 10.4. The smallest absolute Gasteiger partial charge is 0.330 e. The Kier molecular flexibility index (Phi) is 15.4. The molecule has 0 aliphatic carbocycles. The topological polar surface area (TPSA) is 54.0 Å². The van der Waals surface area contributed by atoms with E-state index in [-0.39, 0.29) is 5.97 Å². The Morgan fingerprint density at radius 2 is 1.40 bits per heavy atom. The molecule has 0 amide bonds. The Morgan fingerprint density at radius 3 is 2.00 bits per heavy atom. The first-order valence-corrected chi connectivity index (χ1v) is 7.33. The second-order valence-electron chi connectivity index (χ2n) is 4.21. The summed E-state index contributed by atoms with van der Waals surface area (Å²) < 4.78 is 20.8. The summed E-state index contributed by atoms with van der Waals surface area (Å²) in [4.78, 5) is 10.8. The van der Waals surface area contributed by atoms with Crippen molar-refractivity contribution in [2.24, 2.45) is 0 Å². The van der Waals surface area contributed by atoms with Gasteiger partial charge in [0, 0.05) is 19.3 Å². The molecule has 20 heavy (non-hydrogen) atoms. The summed E-state index contributed by atoms with van der Waals surface area (Å²) in [6, 6.07) is 0. The predicted molar refractivity (Wildman–Crippen MR) is 77.8 cm³/mol. The van der Waals surface area contributed by atoms with Gasteiger partial charge in [-0.05, 0) is 26.2 Å². The molecule has 0 N–H and O–H groups in total. The van der Waals surface area contributed by atoms with Crippen molar-refractivity contribution < 1.29 is 23.7 Å². The molecule has 0 heterocycles. The number of esters is 1. The van der Waals surface area contributed by atoms with E-state index in [1.165, 1.54) is 6.08 Å². The van der Waals surface area contributed by atoms with Crippen LogP contribution >= 0.6 is 0 Å². The summed E-state index contributed by atoms with van der Waals surface area (Å²) in [7, 11) is 0. The Balaban J connectivity index is 2.99. The minimum Gasteiger partial charge on any atom is -0.463 e. The minimum atomic E-state index is -0.349. The van der Waals surface area contributed by atoms with Crippen LogP contribution in [0.15, 0.2) is 12.7 Å². The van der Waals surface area contributed by atoms with Crippen LogP contribution in [0, 0.1) is 0 Å². The van der Waals surface area contributed by atoms with Crippen LogP contribution < -0.4 is 0 Å². The third-order valence-corrected chi connectivity index (χ3v) is 2.54. The molecule has 0 atom stereocenters. The van der Waals surface area contributed by atoms with E-state index in [1.54, 1.807) is 0 Å². The molecular weight excluding hydrogens is 260 g/mol. The lowest BCUT2D eigenvalue weighted by atomic mass is 10.2. The number of carbonyl (C=O) groups is 1. The van der Waals surface area contributed by atoms with Crippen molar-refractivity contribution in [3.05, 3.63) is 12.7 Å². The molecule has 0 aliphatic rings. The molecule has 0 saturated heterocycles. The molecule has 0 fully saturated rings. The van der Waals surface area contributed by atoms with Gasteiger partial charge in [-0.1, -0.05) is 13.0 Å². The standard InChI is InChI=1S/C15H28O5/c1-3-15(16)20-10-8-6-5-7-9-18-13-14-19-12-11-17-4-2/h3H,1,4-14H2,2H3. The van der Waals surface area contributed by atoms with Crippen molar-refractivity contribution >= 4 is 5.97 Å². The van der Waals surface area contributed by atoms with E-state index < -0.39 is 0 Å². The lowest BCUT2D eigenvalue weighted by molar-refractivity contribution is -0.137. The first-order valence-electron chi connectivity index (χ1n) is 7.33. The van der Waals surface area contributed by atoms with Gasteiger partial charge in [0.15, 0.2) is 0 Å². The summed E-state index contributed by atoms with van der Waals surface area (Å²) in [5.74, 6) is -0.349. The summed E-state index contributed by atoms with van der Waals surface area (Å²) in [5.41, 5.74) is 0. The first kappa shape index (κ1) is 19.1. The Bertz CT molecular complexity index is 230. The minimum absolute atomic E-state index is 0.349. The van der Waals surface area contributed by atoms with Gasteiger partial charge in [-0.15, -0.1) is 0 Å². The molecule has 118 valence electrons. The SMILES string of the molecule is C=CC(=O)OCCCCCCOCCOCCOCC. The molecule has 0 aromatic rings. The van der Waals surface area contributed by atoms with Gasteiger partial charge < -0.3 is 18.9 Å². The fourth-order valence-electron chi connectivity index (χ4n) is 1.48. The number of hydrogen-bond acceptors (Lipinski definition) is 5.